The standard InChI is InChI=1S/C16H20N2O4/c1-3-5-9-13(16(21)22)18-15(20)11-7-6-8-12(10-11)17-14(19)4-2/h3,5-8,10,13H,4,9H2,1-2H3,(H,17,19)(H,18,20)(H,21,22)/b5-3+. The number of carboxylic acid groups (broad SMARTS) is 1. The van der Waals surface area contributed by atoms with Crippen LogP contribution in [-0.2, 0) is 9.59 Å². The van der Waals surface area contributed by atoms with Gasteiger partial charge in [-0.2, -0.15) is 0 Å². The first-order valence-electron chi connectivity index (χ1n) is 7.02. The minimum atomic E-state index is -1.10. The first kappa shape index (κ1) is 17.4. The Labute approximate surface area is 129 Å². The summed E-state index contributed by atoms with van der Waals surface area (Å²) in [6.07, 6.45) is 3.95. The average Bonchev–Trinajstić information content (AvgIpc) is 2.51. The fourth-order valence-electron chi connectivity index (χ4n) is 1.72. The Kier molecular flexibility index (Phi) is 6.82. The summed E-state index contributed by atoms with van der Waals surface area (Å²) in [7, 11) is 0. The third-order valence-electron chi connectivity index (χ3n) is 2.94. The highest BCUT2D eigenvalue weighted by Crippen LogP contribution is 2.11. The normalized spacial score (nSPS) is 11.9. The van der Waals surface area contributed by atoms with Gasteiger partial charge in [-0.05, 0) is 31.5 Å². The molecule has 0 heterocycles. The smallest absolute Gasteiger partial charge is 0.326 e. The number of aliphatic carboxylic acids is 1. The van der Waals surface area contributed by atoms with Crippen LogP contribution in [0.15, 0.2) is 36.4 Å². The van der Waals surface area contributed by atoms with Crippen LogP contribution in [0.25, 0.3) is 0 Å². The molecule has 0 radical (unpaired) electrons. The summed E-state index contributed by atoms with van der Waals surface area (Å²) in [5.41, 5.74) is 0.792. The molecule has 6 nitrogen and oxygen atoms in total. The van der Waals surface area contributed by atoms with Crippen molar-refractivity contribution in [1.29, 1.82) is 0 Å². The van der Waals surface area contributed by atoms with E-state index in [-0.39, 0.29) is 12.3 Å². The second-order valence-corrected chi connectivity index (χ2v) is 4.65. The number of carboxylic acids is 1. The van der Waals surface area contributed by atoms with Crippen molar-refractivity contribution in [2.24, 2.45) is 0 Å². The van der Waals surface area contributed by atoms with Crippen molar-refractivity contribution in [3.05, 3.63) is 42.0 Å². The molecule has 1 atom stereocenters. The van der Waals surface area contributed by atoms with Crippen LogP contribution in [0.4, 0.5) is 5.69 Å². The first-order chi connectivity index (χ1) is 10.5. The summed E-state index contributed by atoms with van der Waals surface area (Å²) in [6.45, 7) is 3.51. The molecule has 0 spiro atoms. The summed E-state index contributed by atoms with van der Waals surface area (Å²) in [4.78, 5) is 34.6. The maximum Gasteiger partial charge on any atom is 0.326 e. The van der Waals surface area contributed by atoms with Crippen LogP contribution in [0.5, 0.6) is 0 Å². The average molecular weight is 304 g/mol. The van der Waals surface area contributed by atoms with Crippen LogP contribution in [0.1, 0.15) is 37.0 Å². The molecular formula is C16H20N2O4. The van der Waals surface area contributed by atoms with Gasteiger partial charge in [-0.1, -0.05) is 25.1 Å². The zero-order valence-corrected chi connectivity index (χ0v) is 12.6. The number of hydrogen-bond acceptors (Lipinski definition) is 3. The second kappa shape index (κ2) is 8.61. The lowest BCUT2D eigenvalue weighted by molar-refractivity contribution is -0.139. The molecule has 0 saturated heterocycles. The number of anilines is 1. The summed E-state index contributed by atoms with van der Waals surface area (Å²) in [5, 5.41) is 14.2. The van der Waals surface area contributed by atoms with Crippen LogP contribution in [-0.4, -0.2) is 28.9 Å². The zero-order chi connectivity index (χ0) is 16.5. The maximum atomic E-state index is 12.1. The topological polar surface area (TPSA) is 95.5 Å². The lowest BCUT2D eigenvalue weighted by atomic mass is 10.1. The fourth-order valence-corrected chi connectivity index (χ4v) is 1.72. The molecule has 1 unspecified atom stereocenters. The van der Waals surface area contributed by atoms with Gasteiger partial charge in [0.05, 0.1) is 0 Å². The molecule has 3 N–H and O–H groups in total. The number of benzene rings is 1. The Hall–Kier alpha value is -2.63. The van der Waals surface area contributed by atoms with Gasteiger partial charge in [-0.25, -0.2) is 4.79 Å². The SMILES string of the molecule is C/C=C/CC(NC(=O)c1cccc(NC(=O)CC)c1)C(=O)O. The predicted octanol–water partition coefficient (Wildman–Crippen LogP) is 2.18. The van der Waals surface area contributed by atoms with E-state index in [1.54, 1.807) is 44.2 Å². The molecule has 0 aliphatic heterocycles. The second-order valence-electron chi connectivity index (χ2n) is 4.65. The van der Waals surface area contributed by atoms with Gasteiger partial charge >= 0.3 is 5.97 Å². The minimum Gasteiger partial charge on any atom is -0.480 e. The lowest BCUT2D eigenvalue weighted by Gasteiger charge is -2.13. The first-order valence-corrected chi connectivity index (χ1v) is 7.02. The van der Waals surface area contributed by atoms with E-state index >= 15 is 0 Å². The minimum absolute atomic E-state index is 0.158. The highest BCUT2D eigenvalue weighted by molar-refractivity contribution is 5.98. The molecule has 0 bridgehead atoms. The largest absolute Gasteiger partial charge is 0.480 e. The Balaban J connectivity index is 2.81. The third-order valence-corrected chi connectivity index (χ3v) is 2.94. The van der Waals surface area contributed by atoms with Gasteiger partial charge < -0.3 is 15.7 Å². The molecule has 1 aromatic carbocycles. The van der Waals surface area contributed by atoms with Gasteiger partial charge in [0, 0.05) is 17.7 Å². The van der Waals surface area contributed by atoms with E-state index in [1.165, 1.54) is 6.07 Å². The summed E-state index contributed by atoms with van der Waals surface area (Å²) < 4.78 is 0. The highest BCUT2D eigenvalue weighted by atomic mass is 16.4. The van der Waals surface area contributed by atoms with Crippen molar-refractivity contribution >= 4 is 23.5 Å². The van der Waals surface area contributed by atoms with Gasteiger partial charge in [-0.3, -0.25) is 9.59 Å². The number of carbonyl (C=O) groups is 3. The molecule has 22 heavy (non-hydrogen) atoms. The van der Waals surface area contributed by atoms with Crippen LogP contribution >= 0.6 is 0 Å². The van der Waals surface area contributed by atoms with Crippen LogP contribution in [0.3, 0.4) is 0 Å². The van der Waals surface area contributed by atoms with Crippen molar-refractivity contribution in [3.8, 4) is 0 Å². The van der Waals surface area contributed by atoms with E-state index in [9.17, 15) is 14.4 Å². The van der Waals surface area contributed by atoms with E-state index in [4.69, 9.17) is 5.11 Å². The number of nitrogens with one attached hydrogen (secondary N) is 2. The Morgan fingerprint density at radius 2 is 2.05 bits per heavy atom. The van der Waals surface area contributed by atoms with Crippen LogP contribution in [0, 0.1) is 0 Å². The van der Waals surface area contributed by atoms with E-state index in [2.05, 4.69) is 10.6 Å². The van der Waals surface area contributed by atoms with Crippen LogP contribution in [0.2, 0.25) is 0 Å². The van der Waals surface area contributed by atoms with E-state index in [0.717, 1.165) is 0 Å². The number of rotatable bonds is 7. The lowest BCUT2D eigenvalue weighted by Crippen LogP contribution is -2.40. The van der Waals surface area contributed by atoms with E-state index in [0.29, 0.717) is 17.7 Å². The van der Waals surface area contributed by atoms with Gasteiger partial charge in [-0.15, -0.1) is 0 Å². The van der Waals surface area contributed by atoms with Crippen molar-refractivity contribution in [1.82, 2.24) is 5.32 Å². The van der Waals surface area contributed by atoms with Crippen molar-refractivity contribution < 1.29 is 19.5 Å². The molecule has 6 heteroatoms. The maximum absolute atomic E-state index is 12.1. The van der Waals surface area contributed by atoms with Crippen molar-refractivity contribution in [2.75, 3.05) is 5.32 Å². The molecular weight excluding hydrogens is 284 g/mol. The summed E-state index contributed by atoms with van der Waals surface area (Å²) >= 11 is 0. The Bertz CT molecular complexity index is 581. The fraction of sp³-hybridized carbons (Fsp3) is 0.312. The van der Waals surface area contributed by atoms with Gasteiger partial charge in [0.25, 0.3) is 5.91 Å². The number of amides is 2. The molecule has 0 aliphatic rings. The predicted molar refractivity (Wildman–Crippen MR) is 83.7 cm³/mol. The number of hydrogen-bond donors (Lipinski definition) is 3. The van der Waals surface area contributed by atoms with Crippen molar-refractivity contribution in [3.63, 3.8) is 0 Å². The molecule has 1 rings (SSSR count). The monoisotopic (exact) mass is 304 g/mol. The number of carbonyl (C=O) groups excluding carboxylic acids is 2. The van der Waals surface area contributed by atoms with Crippen molar-refractivity contribution in [2.45, 2.75) is 32.7 Å². The van der Waals surface area contributed by atoms with E-state index < -0.39 is 17.9 Å². The van der Waals surface area contributed by atoms with Crippen LogP contribution < -0.4 is 10.6 Å². The molecule has 0 saturated carbocycles. The van der Waals surface area contributed by atoms with Gasteiger partial charge in [0.15, 0.2) is 0 Å². The summed E-state index contributed by atoms with van der Waals surface area (Å²) in [5.74, 6) is -1.75. The molecule has 118 valence electrons. The Morgan fingerprint density at radius 1 is 1.32 bits per heavy atom. The van der Waals surface area contributed by atoms with Gasteiger partial charge in [0.1, 0.15) is 6.04 Å². The molecule has 0 fully saturated rings. The zero-order valence-electron chi connectivity index (χ0n) is 12.6. The Morgan fingerprint density at radius 3 is 2.64 bits per heavy atom. The number of allylic oxidation sites excluding steroid dienone is 1. The molecule has 0 aromatic heterocycles. The highest BCUT2D eigenvalue weighted by Gasteiger charge is 2.19. The summed E-state index contributed by atoms with van der Waals surface area (Å²) in [6, 6.07) is 5.38. The van der Waals surface area contributed by atoms with Gasteiger partial charge in [0.2, 0.25) is 5.91 Å². The third kappa shape index (κ3) is 5.40. The van der Waals surface area contributed by atoms with E-state index in [1.807, 2.05) is 0 Å². The quantitative estimate of drug-likeness (QED) is 0.673. The molecule has 2 amide bonds. The molecule has 0 aliphatic carbocycles. The molecule has 1 aromatic rings.